The second-order valence-corrected chi connectivity index (χ2v) is 8.44. The molecule has 7 nitrogen and oxygen atoms in total. The second-order valence-electron chi connectivity index (χ2n) is 8.44. The number of aromatic nitrogens is 2. The van der Waals surface area contributed by atoms with Crippen molar-refractivity contribution in [2.24, 2.45) is 0 Å². The lowest BCUT2D eigenvalue weighted by molar-refractivity contribution is 0.0642. The number of fused-ring (bicyclic) bond motifs is 1. The quantitative estimate of drug-likeness (QED) is 0.655. The van der Waals surface area contributed by atoms with Gasteiger partial charge in [0, 0.05) is 11.0 Å². The Labute approximate surface area is 180 Å². The smallest absolute Gasteiger partial charge is 0.261 e. The molecule has 0 aliphatic carbocycles. The predicted molar refractivity (Wildman–Crippen MR) is 116 cm³/mol. The van der Waals surface area contributed by atoms with Crippen LogP contribution in [0.4, 0.5) is 5.69 Å². The molecule has 2 aromatic carbocycles. The Hall–Kier alpha value is -3.87. The zero-order valence-electron chi connectivity index (χ0n) is 17.5. The maximum Gasteiger partial charge on any atom is 0.261 e. The van der Waals surface area contributed by atoms with Crippen molar-refractivity contribution >= 4 is 23.4 Å². The van der Waals surface area contributed by atoms with E-state index in [-0.39, 0.29) is 29.7 Å². The Morgan fingerprint density at radius 1 is 0.935 bits per heavy atom. The number of rotatable bonds is 4. The van der Waals surface area contributed by atoms with Crippen LogP contribution < -0.4 is 5.32 Å². The number of carbonyl (C=O) groups is 3. The van der Waals surface area contributed by atoms with Gasteiger partial charge in [0.2, 0.25) is 0 Å². The van der Waals surface area contributed by atoms with Gasteiger partial charge in [0.1, 0.15) is 5.82 Å². The van der Waals surface area contributed by atoms with E-state index in [1.165, 1.54) is 4.90 Å². The van der Waals surface area contributed by atoms with Crippen LogP contribution in [0.3, 0.4) is 0 Å². The zero-order chi connectivity index (χ0) is 22.2. The van der Waals surface area contributed by atoms with Crippen molar-refractivity contribution in [2.75, 3.05) is 5.32 Å². The van der Waals surface area contributed by atoms with E-state index in [9.17, 15) is 14.4 Å². The van der Waals surface area contributed by atoms with Crippen molar-refractivity contribution in [1.82, 2.24) is 14.9 Å². The van der Waals surface area contributed by atoms with Crippen LogP contribution in [0.5, 0.6) is 0 Å². The summed E-state index contributed by atoms with van der Waals surface area (Å²) in [6, 6.07) is 13.6. The summed E-state index contributed by atoms with van der Waals surface area (Å²) in [5.74, 6) is -0.289. The van der Waals surface area contributed by atoms with Gasteiger partial charge in [0.25, 0.3) is 17.7 Å². The number of hydrogen-bond acceptors (Lipinski definition) is 5. The lowest BCUT2D eigenvalue weighted by Gasteiger charge is -2.16. The number of carbonyl (C=O) groups excluding carboxylic acids is 3. The molecule has 0 fully saturated rings. The van der Waals surface area contributed by atoms with Crippen molar-refractivity contribution in [1.29, 1.82) is 0 Å². The summed E-state index contributed by atoms with van der Waals surface area (Å²) >= 11 is 0. The van der Waals surface area contributed by atoms with Crippen LogP contribution in [0.15, 0.2) is 60.9 Å². The van der Waals surface area contributed by atoms with Gasteiger partial charge in [-0.05, 0) is 29.8 Å². The molecule has 7 heteroatoms. The number of benzene rings is 2. The van der Waals surface area contributed by atoms with E-state index in [1.807, 2.05) is 20.8 Å². The summed E-state index contributed by atoms with van der Waals surface area (Å²) in [5, 5.41) is 2.78. The molecule has 1 aliphatic heterocycles. The zero-order valence-corrected chi connectivity index (χ0v) is 17.5. The van der Waals surface area contributed by atoms with Crippen LogP contribution >= 0.6 is 0 Å². The van der Waals surface area contributed by atoms with E-state index in [4.69, 9.17) is 0 Å². The minimum Gasteiger partial charge on any atom is -0.319 e. The summed E-state index contributed by atoms with van der Waals surface area (Å²) in [4.78, 5) is 47.7. The predicted octanol–water partition coefficient (Wildman–Crippen LogP) is 3.82. The Morgan fingerprint density at radius 2 is 1.55 bits per heavy atom. The van der Waals surface area contributed by atoms with Crippen LogP contribution in [-0.2, 0) is 12.0 Å². The summed E-state index contributed by atoms with van der Waals surface area (Å²) in [7, 11) is 0. The van der Waals surface area contributed by atoms with E-state index >= 15 is 0 Å². The monoisotopic (exact) mass is 414 g/mol. The lowest BCUT2D eigenvalue weighted by atomic mass is 9.96. The fourth-order valence-electron chi connectivity index (χ4n) is 3.36. The summed E-state index contributed by atoms with van der Waals surface area (Å²) in [6.07, 6.45) is 3.16. The highest BCUT2D eigenvalue weighted by molar-refractivity contribution is 6.21. The van der Waals surface area contributed by atoms with Gasteiger partial charge in [-0.15, -0.1) is 0 Å². The van der Waals surface area contributed by atoms with Crippen LogP contribution in [0.25, 0.3) is 0 Å². The molecule has 2 heterocycles. The van der Waals surface area contributed by atoms with Gasteiger partial charge in [-0.25, -0.2) is 9.97 Å². The normalized spacial score (nSPS) is 13.3. The SMILES string of the molecule is CC(C)(C)c1ncc(NC(=O)c2cccc(CN3C(=O)c4ccccc4C3=O)c2)cn1. The number of hydrogen-bond donors (Lipinski definition) is 1. The highest BCUT2D eigenvalue weighted by atomic mass is 16.2. The molecule has 0 bridgehead atoms. The third-order valence-electron chi connectivity index (χ3n) is 4.99. The van der Waals surface area contributed by atoms with Crippen molar-refractivity contribution in [3.8, 4) is 0 Å². The second kappa shape index (κ2) is 7.75. The van der Waals surface area contributed by atoms with Gasteiger partial charge in [-0.3, -0.25) is 19.3 Å². The average molecular weight is 414 g/mol. The molecule has 0 unspecified atom stereocenters. The third-order valence-corrected chi connectivity index (χ3v) is 4.99. The molecule has 0 atom stereocenters. The van der Waals surface area contributed by atoms with Crippen LogP contribution in [-0.4, -0.2) is 32.6 Å². The molecule has 4 rings (SSSR count). The maximum atomic E-state index is 12.7. The highest BCUT2D eigenvalue weighted by Crippen LogP contribution is 2.24. The number of nitrogens with zero attached hydrogens (tertiary/aromatic N) is 3. The first kappa shape index (κ1) is 20.4. The first-order valence-corrected chi connectivity index (χ1v) is 9.92. The highest BCUT2D eigenvalue weighted by Gasteiger charge is 2.35. The van der Waals surface area contributed by atoms with E-state index in [0.29, 0.717) is 33.8 Å². The molecule has 1 aromatic heterocycles. The maximum absolute atomic E-state index is 12.7. The molecule has 0 radical (unpaired) electrons. The molecule has 1 N–H and O–H groups in total. The minimum absolute atomic E-state index is 0.0941. The van der Waals surface area contributed by atoms with Crippen LogP contribution in [0.1, 0.15) is 63.2 Å². The van der Waals surface area contributed by atoms with Gasteiger partial charge >= 0.3 is 0 Å². The number of nitrogens with one attached hydrogen (secondary N) is 1. The fourth-order valence-corrected chi connectivity index (χ4v) is 3.36. The molecule has 0 spiro atoms. The minimum atomic E-state index is -0.327. The largest absolute Gasteiger partial charge is 0.319 e. The Kier molecular flexibility index (Phi) is 5.10. The topological polar surface area (TPSA) is 92.3 Å². The van der Waals surface area contributed by atoms with Crippen molar-refractivity contribution < 1.29 is 14.4 Å². The number of imide groups is 1. The van der Waals surface area contributed by atoms with Crippen molar-refractivity contribution in [3.05, 3.63) is 89.0 Å². The van der Waals surface area contributed by atoms with E-state index < -0.39 is 0 Å². The van der Waals surface area contributed by atoms with Gasteiger partial charge in [0.05, 0.1) is 35.8 Å². The molecular weight excluding hydrogens is 392 g/mol. The standard InChI is InChI=1S/C24H22N4O3/c1-24(2,3)23-25-12-17(13-26-23)27-20(29)16-8-6-7-15(11-16)14-28-21(30)18-9-4-5-10-19(18)22(28)31/h4-13H,14H2,1-3H3,(H,27,29). The van der Waals surface area contributed by atoms with Crippen LogP contribution in [0, 0.1) is 0 Å². The number of anilines is 1. The lowest BCUT2D eigenvalue weighted by Crippen LogP contribution is -2.29. The molecule has 156 valence electrons. The first-order valence-electron chi connectivity index (χ1n) is 9.92. The third kappa shape index (κ3) is 4.07. The first-order chi connectivity index (χ1) is 14.7. The molecule has 3 aromatic rings. The van der Waals surface area contributed by atoms with Gasteiger partial charge in [0.15, 0.2) is 0 Å². The van der Waals surface area contributed by atoms with E-state index in [2.05, 4.69) is 15.3 Å². The summed E-state index contributed by atoms with van der Waals surface area (Å²) in [5.41, 5.74) is 2.21. The van der Waals surface area contributed by atoms with E-state index in [1.54, 1.807) is 60.9 Å². The van der Waals surface area contributed by atoms with Gasteiger partial charge in [-0.2, -0.15) is 0 Å². The Bertz CT molecular complexity index is 1140. The van der Waals surface area contributed by atoms with Crippen molar-refractivity contribution in [2.45, 2.75) is 32.7 Å². The van der Waals surface area contributed by atoms with E-state index in [0.717, 1.165) is 0 Å². The van der Waals surface area contributed by atoms with Crippen molar-refractivity contribution in [3.63, 3.8) is 0 Å². The van der Waals surface area contributed by atoms with Crippen LogP contribution in [0.2, 0.25) is 0 Å². The summed E-state index contributed by atoms with van der Waals surface area (Å²) in [6.45, 7) is 6.14. The fraction of sp³-hybridized carbons (Fsp3) is 0.208. The molecule has 3 amide bonds. The number of amides is 3. The summed E-state index contributed by atoms with van der Waals surface area (Å²) < 4.78 is 0. The molecule has 0 saturated carbocycles. The Morgan fingerprint density at radius 3 is 2.13 bits per heavy atom. The molecule has 31 heavy (non-hydrogen) atoms. The average Bonchev–Trinajstić information content (AvgIpc) is 2.99. The molecular formula is C24H22N4O3. The molecule has 1 aliphatic rings. The van der Waals surface area contributed by atoms with Gasteiger partial charge in [-0.1, -0.05) is 45.0 Å². The van der Waals surface area contributed by atoms with Gasteiger partial charge < -0.3 is 5.32 Å². The Balaban J connectivity index is 1.48. The molecule has 0 saturated heterocycles.